The number of methoxy groups -OCH3 is 2. The van der Waals surface area contributed by atoms with Gasteiger partial charge in [0.05, 0.1) is 20.4 Å². The number of carbonyl (C=O) groups excluding carboxylic acids is 2. The van der Waals surface area contributed by atoms with Gasteiger partial charge in [-0.1, -0.05) is 23.7 Å². The van der Waals surface area contributed by atoms with Crippen molar-refractivity contribution in [3.8, 4) is 17.2 Å². The molecule has 0 spiro atoms. The molecule has 0 bridgehead atoms. The fourth-order valence-corrected chi connectivity index (χ4v) is 2.83. The van der Waals surface area contributed by atoms with E-state index in [9.17, 15) is 9.59 Å². The predicted molar refractivity (Wildman–Crippen MR) is 126 cm³/mol. The Bertz CT molecular complexity index is 1130. The zero-order valence-corrected chi connectivity index (χ0v) is 18.8. The third kappa shape index (κ3) is 6.98. The van der Waals surface area contributed by atoms with Crippen LogP contribution in [0.1, 0.15) is 11.1 Å². The number of ether oxygens (including phenoxy) is 3. The summed E-state index contributed by atoms with van der Waals surface area (Å²) in [6, 6.07) is 19.1. The summed E-state index contributed by atoms with van der Waals surface area (Å²) >= 11 is 5.89. The highest BCUT2D eigenvalue weighted by Gasteiger charge is 2.13. The molecule has 0 fully saturated rings. The molecule has 9 heteroatoms. The number of hydrogen-bond acceptors (Lipinski definition) is 6. The zero-order chi connectivity index (χ0) is 23.6. The van der Waals surface area contributed by atoms with Gasteiger partial charge in [0, 0.05) is 10.7 Å². The fourth-order valence-electron chi connectivity index (χ4n) is 2.70. The van der Waals surface area contributed by atoms with Crippen molar-refractivity contribution in [1.29, 1.82) is 0 Å². The minimum absolute atomic E-state index is 0.348. The Kier molecular flexibility index (Phi) is 8.26. The van der Waals surface area contributed by atoms with E-state index in [0.29, 0.717) is 40.1 Å². The lowest BCUT2D eigenvalue weighted by molar-refractivity contribution is -0.136. The van der Waals surface area contributed by atoms with Gasteiger partial charge in [-0.3, -0.25) is 9.59 Å². The lowest BCUT2D eigenvalue weighted by atomic mass is 10.2. The maximum atomic E-state index is 12.0. The molecule has 0 heterocycles. The Hall–Kier alpha value is -4.04. The van der Waals surface area contributed by atoms with Crippen LogP contribution >= 0.6 is 11.6 Å². The molecular formula is C24H22ClN3O5. The standard InChI is InChI=1S/C24H22ClN3O5/c1-31-20-10-8-19(9-11-20)27-23(29)24(30)28-26-14-17-5-12-21(22(13-17)32-2)33-15-16-3-6-18(25)7-4-16/h3-14H,15H2,1-2H3,(H,27,29)(H,28,30)/b26-14-. The average Bonchev–Trinajstić information content (AvgIpc) is 2.84. The maximum Gasteiger partial charge on any atom is 0.329 e. The topological polar surface area (TPSA) is 98.2 Å². The second-order valence-corrected chi connectivity index (χ2v) is 7.14. The number of carbonyl (C=O) groups is 2. The van der Waals surface area contributed by atoms with Crippen molar-refractivity contribution in [2.75, 3.05) is 19.5 Å². The molecule has 0 aliphatic carbocycles. The van der Waals surface area contributed by atoms with Gasteiger partial charge in [0.1, 0.15) is 12.4 Å². The van der Waals surface area contributed by atoms with E-state index < -0.39 is 11.8 Å². The SMILES string of the molecule is COc1ccc(NC(=O)C(=O)N/N=C\c2ccc(OCc3ccc(Cl)cc3)c(OC)c2)cc1. The first-order valence-corrected chi connectivity index (χ1v) is 10.2. The van der Waals surface area contributed by atoms with Gasteiger partial charge >= 0.3 is 11.8 Å². The van der Waals surface area contributed by atoms with Crippen molar-refractivity contribution < 1.29 is 23.8 Å². The molecule has 0 unspecified atom stereocenters. The van der Waals surface area contributed by atoms with E-state index in [2.05, 4.69) is 15.8 Å². The lowest BCUT2D eigenvalue weighted by Gasteiger charge is -2.11. The van der Waals surface area contributed by atoms with Crippen LogP contribution in [-0.2, 0) is 16.2 Å². The summed E-state index contributed by atoms with van der Waals surface area (Å²) in [4.78, 5) is 24.0. The Morgan fingerprint density at radius 2 is 1.64 bits per heavy atom. The molecular weight excluding hydrogens is 446 g/mol. The number of hydrazone groups is 1. The van der Waals surface area contributed by atoms with Gasteiger partial charge < -0.3 is 19.5 Å². The van der Waals surface area contributed by atoms with E-state index >= 15 is 0 Å². The van der Waals surface area contributed by atoms with Gasteiger partial charge in [0.2, 0.25) is 0 Å². The van der Waals surface area contributed by atoms with E-state index in [-0.39, 0.29) is 0 Å². The predicted octanol–water partition coefficient (Wildman–Crippen LogP) is 4.03. The number of halogens is 1. The highest BCUT2D eigenvalue weighted by atomic mass is 35.5. The molecule has 2 amide bonds. The maximum absolute atomic E-state index is 12.0. The van der Waals surface area contributed by atoms with Crippen molar-refractivity contribution in [3.63, 3.8) is 0 Å². The second kappa shape index (κ2) is 11.5. The van der Waals surface area contributed by atoms with E-state index in [1.54, 1.807) is 54.6 Å². The van der Waals surface area contributed by atoms with Crippen LogP contribution in [0.15, 0.2) is 71.8 Å². The van der Waals surface area contributed by atoms with E-state index in [4.69, 9.17) is 25.8 Å². The summed E-state index contributed by atoms with van der Waals surface area (Å²) in [5.41, 5.74) is 4.25. The van der Waals surface area contributed by atoms with Crippen LogP contribution < -0.4 is 25.0 Å². The van der Waals surface area contributed by atoms with E-state index in [0.717, 1.165) is 5.56 Å². The van der Waals surface area contributed by atoms with Crippen molar-refractivity contribution >= 4 is 35.3 Å². The number of benzene rings is 3. The molecule has 0 aliphatic heterocycles. The van der Waals surface area contributed by atoms with E-state index in [1.165, 1.54) is 20.4 Å². The summed E-state index contributed by atoms with van der Waals surface area (Å²) in [6.45, 7) is 0.348. The summed E-state index contributed by atoms with van der Waals surface area (Å²) in [5.74, 6) is -0.0688. The molecule has 2 N–H and O–H groups in total. The van der Waals surface area contributed by atoms with Crippen LogP contribution in [0.5, 0.6) is 17.2 Å². The monoisotopic (exact) mass is 467 g/mol. The lowest BCUT2D eigenvalue weighted by Crippen LogP contribution is -2.32. The normalized spacial score (nSPS) is 10.5. The first kappa shape index (κ1) is 23.6. The van der Waals surface area contributed by atoms with Crippen LogP contribution in [-0.4, -0.2) is 32.2 Å². The van der Waals surface area contributed by atoms with Gasteiger partial charge in [-0.2, -0.15) is 5.10 Å². The smallest absolute Gasteiger partial charge is 0.329 e. The largest absolute Gasteiger partial charge is 0.497 e. The first-order valence-electron chi connectivity index (χ1n) is 9.82. The molecule has 8 nitrogen and oxygen atoms in total. The Morgan fingerprint density at radius 1 is 0.909 bits per heavy atom. The highest BCUT2D eigenvalue weighted by Crippen LogP contribution is 2.28. The second-order valence-electron chi connectivity index (χ2n) is 6.71. The summed E-state index contributed by atoms with van der Waals surface area (Å²) in [7, 11) is 3.06. The third-order valence-corrected chi connectivity index (χ3v) is 4.68. The number of anilines is 1. The van der Waals surface area contributed by atoms with Gasteiger partial charge in [-0.05, 0) is 65.7 Å². The summed E-state index contributed by atoms with van der Waals surface area (Å²) in [5, 5.41) is 6.96. The number of nitrogens with zero attached hydrogens (tertiary/aromatic N) is 1. The average molecular weight is 468 g/mol. The number of amides is 2. The highest BCUT2D eigenvalue weighted by molar-refractivity contribution is 6.39. The number of nitrogens with one attached hydrogen (secondary N) is 2. The molecule has 0 atom stereocenters. The summed E-state index contributed by atoms with van der Waals surface area (Å²) < 4.78 is 16.2. The number of hydrogen-bond donors (Lipinski definition) is 2. The quantitative estimate of drug-likeness (QED) is 0.296. The third-order valence-electron chi connectivity index (χ3n) is 4.43. The van der Waals surface area contributed by atoms with Gasteiger partial charge in [0.25, 0.3) is 0 Å². The van der Waals surface area contributed by atoms with Crippen molar-refractivity contribution in [2.45, 2.75) is 6.61 Å². The van der Waals surface area contributed by atoms with Crippen molar-refractivity contribution in [1.82, 2.24) is 5.43 Å². The molecule has 0 aromatic heterocycles. The van der Waals surface area contributed by atoms with Crippen LogP contribution in [0.25, 0.3) is 0 Å². The van der Waals surface area contributed by atoms with Crippen LogP contribution in [0.4, 0.5) is 5.69 Å². The zero-order valence-electron chi connectivity index (χ0n) is 18.0. The summed E-state index contributed by atoms with van der Waals surface area (Å²) in [6.07, 6.45) is 1.39. The van der Waals surface area contributed by atoms with Gasteiger partial charge in [-0.15, -0.1) is 0 Å². The minimum atomic E-state index is -0.906. The molecule has 170 valence electrons. The number of rotatable bonds is 8. The van der Waals surface area contributed by atoms with Crippen molar-refractivity contribution in [2.24, 2.45) is 5.10 Å². The molecule has 33 heavy (non-hydrogen) atoms. The van der Waals surface area contributed by atoms with Crippen LogP contribution in [0.2, 0.25) is 5.02 Å². The Balaban J connectivity index is 1.54. The first-order chi connectivity index (χ1) is 16.0. The minimum Gasteiger partial charge on any atom is -0.497 e. The molecule has 0 aliphatic rings. The van der Waals surface area contributed by atoms with Gasteiger partial charge in [-0.25, -0.2) is 5.43 Å². The molecule has 3 rings (SSSR count). The van der Waals surface area contributed by atoms with Crippen LogP contribution in [0, 0.1) is 0 Å². The van der Waals surface area contributed by atoms with Crippen molar-refractivity contribution in [3.05, 3.63) is 82.9 Å². The Labute approximate surface area is 196 Å². The molecule has 3 aromatic rings. The Morgan fingerprint density at radius 3 is 2.30 bits per heavy atom. The van der Waals surface area contributed by atoms with E-state index in [1.807, 2.05) is 12.1 Å². The molecule has 0 saturated heterocycles. The molecule has 0 radical (unpaired) electrons. The fraction of sp³-hybridized carbons (Fsp3) is 0.125. The van der Waals surface area contributed by atoms with Gasteiger partial charge in [0.15, 0.2) is 11.5 Å². The molecule has 3 aromatic carbocycles. The van der Waals surface area contributed by atoms with Crippen LogP contribution in [0.3, 0.4) is 0 Å². The molecule has 0 saturated carbocycles.